The van der Waals surface area contributed by atoms with Crippen LogP contribution in [0.1, 0.15) is 37.3 Å². The first-order chi connectivity index (χ1) is 24.3. The summed E-state index contributed by atoms with van der Waals surface area (Å²) in [5, 5.41) is 6.95. The summed E-state index contributed by atoms with van der Waals surface area (Å²) >= 11 is 2.31. The van der Waals surface area contributed by atoms with E-state index >= 15 is 0 Å². The lowest BCUT2D eigenvalue weighted by Crippen LogP contribution is -2.43. The Balaban J connectivity index is 1.08. The van der Waals surface area contributed by atoms with E-state index in [-0.39, 0.29) is 43.0 Å². The summed E-state index contributed by atoms with van der Waals surface area (Å²) in [4.78, 5) is 59.1. The highest BCUT2D eigenvalue weighted by molar-refractivity contribution is 14.1. The number of anilines is 2. The molecule has 50 heavy (non-hydrogen) atoms. The molecule has 4 aromatic carbocycles. The summed E-state index contributed by atoms with van der Waals surface area (Å²) in [5.74, 6) is -0.532. The molecule has 0 spiro atoms. The van der Waals surface area contributed by atoms with Crippen molar-refractivity contribution in [2.75, 3.05) is 30.3 Å². The highest BCUT2D eigenvalue weighted by Crippen LogP contribution is 2.34. The number of amides is 4. The number of aromatic amines is 1. The van der Waals surface area contributed by atoms with Crippen molar-refractivity contribution in [1.29, 1.82) is 0 Å². The molecular weight excluding hydrogens is 741 g/mol. The minimum atomic E-state index is -0.494. The third-order valence-electron chi connectivity index (χ3n) is 8.91. The molecule has 256 valence electrons. The minimum absolute atomic E-state index is 0.0111. The summed E-state index contributed by atoms with van der Waals surface area (Å²) in [7, 11) is 0. The topological polar surface area (TPSA) is 115 Å². The summed E-state index contributed by atoms with van der Waals surface area (Å²) in [6.45, 7) is 3.07. The van der Waals surface area contributed by atoms with Gasteiger partial charge in [0.05, 0.1) is 25.1 Å². The number of carbonyl (C=O) groups is 4. The van der Waals surface area contributed by atoms with Crippen LogP contribution < -0.4 is 10.6 Å². The zero-order chi connectivity index (χ0) is 35.0. The fraction of sp³-hybridized carbons (Fsp3) is 0.250. The van der Waals surface area contributed by atoms with Crippen LogP contribution in [0.2, 0.25) is 0 Å². The van der Waals surface area contributed by atoms with Gasteiger partial charge in [-0.15, -0.1) is 0 Å². The van der Waals surface area contributed by atoms with Crippen molar-refractivity contribution in [2.24, 2.45) is 0 Å². The van der Waals surface area contributed by atoms with Crippen molar-refractivity contribution in [3.8, 4) is 11.3 Å². The molecule has 9 nitrogen and oxygen atoms in total. The summed E-state index contributed by atoms with van der Waals surface area (Å²) in [5.41, 5.74) is 5.97. The third kappa shape index (κ3) is 8.42. The predicted molar refractivity (Wildman–Crippen MR) is 206 cm³/mol. The van der Waals surface area contributed by atoms with Gasteiger partial charge in [-0.05, 0) is 88.9 Å². The maximum atomic E-state index is 13.4. The van der Waals surface area contributed by atoms with E-state index in [4.69, 9.17) is 0 Å². The number of halogens is 1. The zero-order valence-electron chi connectivity index (χ0n) is 28.0. The van der Waals surface area contributed by atoms with Gasteiger partial charge in [0.15, 0.2) is 0 Å². The van der Waals surface area contributed by atoms with Crippen LogP contribution in [-0.4, -0.2) is 64.1 Å². The van der Waals surface area contributed by atoms with Crippen LogP contribution in [0.4, 0.5) is 11.4 Å². The monoisotopic (exact) mass is 781 g/mol. The second kappa shape index (κ2) is 16.2. The lowest BCUT2D eigenvalue weighted by atomic mass is 10.1. The Labute approximate surface area is 305 Å². The molecule has 0 unspecified atom stereocenters. The average molecular weight is 782 g/mol. The van der Waals surface area contributed by atoms with Crippen LogP contribution in [0.15, 0.2) is 103 Å². The maximum Gasteiger partial charge on any atom is 0.247 e. The molecule has 0 radical (unpaired) electrons. The van der Waals surface area contributed by atoms with Gasteiger partial charge < -0.3 is 25.4 Å². The number of hydrogen-bond acceptors (Lipinski definition) is 4. The highest BCUT2D eigenvalue weighted by Gasteiger charge is 2.34. The van der Waals surface area contributed by atoms with Crippen LogP contribution in [0.3, 0.4) is 0 Å². The molecule has 10 heteroatoms. The van der Waals surface area contributed by atoms with Crippen LogP contribution >= 0.6 is 22.6 Å². The highest BCUT2D eigenvalue weighted by atomic mass is 127. The Kier molecular flexibility index (Phi) is 11.3. The molecule has 1 atom stereocenters. The molecule has 6 rings (SSSR count). The Hall–Kier alpha value is -4.97. The lowest BCUT2D eigenvalue weighted by molar-refractivity contribution is -0.136. The first-order valence-electron chi connectivity index (χ1n) is 17.0. The number of benzene rings is 4. The molecule has 1 saturated heterocycles. The number of hydrogen-bond donors (Lipinski definition) is 3. The number of nitrogens with zero attached hydrogens (tertiary/aromatic N) is 2. The minimum Gasteiger partial charge on any atom is -0.354 e. The molecule has 1 aromatic heterocycles. The molecule has 0 aliphatic carbocycles. The zero-order valence-corrected chi connectivity index (χ0v) is 30.1. The van der Waals surface area contributed by atoms with Gasteiger partial charge in [0.2, 0.25) is 23.6 Å². The van der Waals surface area contributed by atoms with Gasteiger partial charge in [0, 0.05) is 38.9 Å². The Morgan fingerprint density at radius 1 is 0.840 bits per heavy atom. The smallest absolute Gasteiger partial charge is 0.247 e. The fourth-order valence-electron chi connectivity index (χ4n) is 6.41. The summed E-state index contributed by atoms with van der Waals surface area (Å²) < 4.78 is 0.998. The molecule has 2 heterocycles. The molecule has 4 amide bonds. The molecule has 0 bridgehead atoms. The van der Waals surface area contributed by atoms with Crippen molar-refractivity contribution >= 4 is 68.5 Å². The standard InChI is InChI=1S/C40H40IN5O4/c1-2-21-45(36(48)23-27-10-5-3-6-11-27)26-35(47)42-30-17-15-29(16-18-30)39-38(41)32-25-31(19-20-33(32)44-39)43-40(50)34-14-9-22-46(34)37(49)24-28-12-7-4-8-13-28/h3-8,10-13,15-20,25,34,44H,2,9,14,21-24,26H2,1H3,(H,42,47)(H,43,50)/t34-/m0/s1. The number of carbonyl (C=O) groups excluding carboxylic acids is 4. The van der Waals surface area contributed by atoms with Crippen molar-refractivity contribution in [1.82, 2.24) is 14.8 Å². The van der Waals surface area contributed by atoms with E-state index in [0.29, 0.717) is 30.9 Å². The van der Waals surface area contributed by atoms with Crippen LogP contribution in [0.25, 0.3) is 22.2 Å². The first kappa shape index (κ1) is 34.9. The largest absolute Gasteiger partial charge is 0.354 e. The fourth-order valence-corrected chi connectivity index (χ4v) is 7.30. The Morgan fingerprint density at radius 3 is 2.18 bits per heavy atom. The van der Waals surface area contributed by atoms with E-state index in [9.17, 15) is 19.2 Å². The van der Waals surface area contributed by atoms with E-state index in [2.05, 4.69) is 38.2 Å². The first-order valence-corrected chi connectivity index (χ1v) is 18.0. The second-order valence-corrected chi connectivity index (χ2v) is 13.7. The van der Waals surface area contributed by atoms with E-state index < -0.39 is 6.04 Å². The molecule has 3 N–H and O–H groups in total. The lowest BCUT2D eigenvalue weighted by Gasteiger charge is -2.24. The number of nitrogens with one attached hydrogen (secondary N) is 3. The Morgan fingerprint density at radius 2 is 1.50 bits per heavy atom. The SMILES string of the molecule is CCCN(CC(=O)Nc1ccc(-c2[nH]c3ccc(NC(=O)[C@@H]4CCCN4C(=O)Cc4ccccc4)cc3c2I)cc1)C(=O)Cc1ccccc1. The molecule has 1 aliphatic rings. The van der Waals surface area contributed by atoms with Crippen LogP contribution in [0, 0.1) is 3.57 Å². The van der Waals surface area contributed by atoms with Crippen molar-refractivity contribution in [3.63, 3.8) is 0 Å². The van der Waals surface area contributed by atoms with Gasteiger partial charge in [0.25, 0.3) is 0 Å². The van der Waals surface area contributed by atoms with E-state index in [1.54, 1.807) is 9.80 Å². The van der Waals surface area contributed by atoms with E-state index in [0.717, 1.165) is 49.7 Å². The van der Waals surface area contributed by atoms with Gasteiger partial charge in [-0.1, -0.05) is 79.7 Å². The number of rotatable bonds is 12. The molecule has 1 fully saturated rings. The van der Waals surface area contributed by atoms with Crippen molar-refractivity contribution in [2.45, 2.75) is 45.1 Å². The van der Waals surface area contributed by atoms with Crippen LogP contribution in [0.5, 0.6) is 0 Å². The summed E-state index contributed by atoms with van der Waals surface area (Å²) in [6, 6.07) is 32.0. The number of H-pyrrole nitrogens is 1. The molecular formula is C40H40IN5O4. The average Bonchev–Trinajstić information content (AvgIpc) is 3.75. The quantitative estimate of drug-likeness (QED) is 0.118. The molecule has 0 saturated carbocycles. The number of fused-ring (bicyclic) bond motifs is 1. The number of aromatic nitrogens is 1. The molecule has 1 aliphatic heterocycles. The van der Waals surface area contributed by atoms with Crippen LogP contribution in [-0.2, 0) is 32.0 Å². The van der Waals surface area contributed by atoms with E-state index in [1.807, 2.05) is 110 Å². The third-order valence-corrected chi connectivity index (χ3v) is 10.0. The van der Waals surface area contributed by atoms with Gasteiger partial charge in [-0.3, -0.25) is 19.2 Å². The molecule has 5 aromatic rings. The van der Waals surface area contributed by atoms with Gasteiger partial charge >= 0.3 is 0 Å². The number of likely N-dealkylation sites (tertiary alicyclic amines) is 1. The summed E-state index contributed by atoms with van der Waals surface area (Å²) in [6.07, 6.45) is 2.73. The van der Waals surface area contributed by atoms with Gasteiger partial charge in [0.1, 0.15) is 6.04 Å². The second-order valence-electron chi connectivity index (χ2n) is 12.6. The Bertz CT molecular complexity index is 1980. The normalized spacial score (nSPS) is 14.0. The van der Waals surface area contributed by atoms with E-state index in [1.165, 1.54) is 0 Å². The van der Waals surface area contributed by atoms with Crippen molar-refractivity contribution < 1.29 is 19.2 Å². The predicted octanol–water partition coefficient (Wildman–Crippen LogP) is 7.03. The van der Waals surface area contributed by atoms with Gasteiger partial charge in [-0.2, -0.15) is 0 Å². The maximum absolute atomic E-state index is 13.4. The van der Waals surface area contributed by atoms with Gasteiger partial charge in [-0.25, -0.2) is 0 Å². The van der Waals surface area contributed by atoms with Crippen molar-refractivity contribution in [3.05, 3.63) is 118 Å².